The van der Waals surface area contributed by atoms with Gasteiger partial charge < -0.3 is 0 Å². The molecule has 0 N–H and O–H groups in total. The van der Waals surface area contributed by atoms with Gasteiger partial charge in [0, 0.05) is 0 Å². The van der Waals surface area contributed by atoms with E-state index >= 15 is 0 Å². The van der Waals surface area contributed by atoms with Crippen molar-refractivity contribution in [2.24, 2.45) is 0 Å². The van der Waals surface area contributed by atoms with Crippen LogP contribution in [-0.2, 0) is 0 Å². The van der Waals surface area contributed by atoms with Crippen molar-refractivity contribution in [3.8, 4) is 0 Å². The van der Waals surface area contributed by atoms with Crippen molar-refractivity contribution in [3.05, 3.63) is 0 Å². The van der Waals surface area contributed by atoms with Crippen LogP contribution in [0.5, 0.6) is 0 Å². The van der Waals surface area contributed by atoms with Crippen molar-refractivity contribution in [1.29, 1.82) is 0 Å². The number of unbranched alkanes of at least 4 members (excludes halogenated alkanes) is 3. The minimum absolute atomic E-state index is 1.00. The molecule has 0 rings (SSSR count). The molecule has 0 aliphatic rings. The fourth-order valence-corrected chi connectivity index (χ4v) is 16.3. The van der Waals surface area contributed by atoms with Crippen LogP contribution < -0.4 is 0 Å². The van der Waals surface area contributed by atoms with E-state index in [0.717, 1.165) is 31.2 Å². The maximum absolute atomic E-state index is 14.6. The van der Waals surface area contributed by atoms with Gasteiger partial charge in [-0.1, -0.05) is 0 Å². The molecule has 0 aliphatic heterocycles. The molecule has 0 unspecified atom stereocenters. The first-order valence-corrected chi connectivity index (χ1v) is 16.1. The topological polar surface area (TPSA) is 0 Å². The number of hydrogen-bond acceptors (Lipinski definition) is 0. The Morgan fingerprint density at radius 3 is 1.21 bits per heavy atom. The van der Waals surface area contributed by atoms with E-state index in [0.29, 0.717) is 0 Å². The predicted octanol–water partition coefficient (Wildman–Crippen LogP) is 5.30. The quantitative estimate of drug-likeness (QED) is 0.463. The summed E-state index contributed by atoms with van der Waals surface area (Å²) in [6.45, 7) is 6.52. The van der Waals surface area contributed by atoms with Crippen molar-refractivity contribution >= 4 is 21.8 Å². The second-order valence-corrected chi connectivity index (χ2v) is 19.2. The van der Waals surface area contributed by atoms with Crippen LogP contribution in [0.1, 0.15) is 59.3 Å². The van der Waals surface area contributed by atoms with E-state index in [1.165, 1.54) is 19.3 Å². The molecular weight excluding hydrogens is 370 g/mol. The summed E-state index contributed by atoms with van der Waals surface area (Å²) in [7, 11) is 0. The molecule has 0 spiro atoms. The average Bonchev–Trinajstić information content (AvgIpc) is 2.21. The van der Waals surface area contributed by atoms with E-state index in [2.05, 4.69) is 20.8 Å². The van der Waals surface area contributed by atoms with Gasteiger partial charge >= 0.3 is 95.5 Å². The molecule has 0 radical (unpaired) electrons. The van der Waals surface area contributed by atoms with Crippen LogP contribution in [0.2, 0.25) is 11.9 Å². The number of rotatable bonds is 9. The minimum atomic E-state index is -3.19. The molecule has 0 fully saturated rings. The Morgan fingerprint density at radius 1 is 0.714 bits per heavy atom. The van der Waals surface area contributed by atoms with Crippen LogP contribution in [0.4, 0.5) is 2.51 Å². The number of halogens is 1. The summed E-state index contributed by atoms with van der Waals surface area (Å²) in [5.74, 6) is 0. The van der Waals surface area contributed by atoms with Crippen molar-refractivity contribution in [2.45, 2.75) is 71.2 Å². The second-order valence-electron chi connectivity index (χ2n) is 4.46. The van der Waals surface area contributed by atoms with Crippen LogP contribution in [0.25, 0.3) is 0 Å². The molecule has 0 bridgehead atoms. The third kappa shape index (κ3) is 7.18. The van der Waals surface area contributed by atoms with Gasteiger partial charge in [0.05, 0.1) is 0 Å². The van der Waals surface area contributed by atoms with Crippen molar-refractivity contribution < 1.29 is 2.51 Å². The summed E-state index contributed by atoms with van der Waals surface area (Å²) in [6.07, 6.45) is 6.94. The summed E-state index contributed by atoms with van der Waals surface area (Å²) in [4.78, 5) is 0. The van der Waals surface area contributed by atoms with Crippen LogP contribution in [0.3, 0.4) is 0 Å². The summed E-state index contributed by atoms with van der Waals surface area (Å²) < 4.78 is 17.6. The van der Waals surface area contributed by atoms with Gasteiger partial charge in [-0.05, 0) is 0 Å². The Labute approximate surface area is 95.3 Å². The molecule has 0 heterocycles. The normalized spacial score (nSPS) is 12.0. The monoisotopic (exact) mass is 398 g/mol. The van der Waals surface area contributed by atoms with Gasteiger partial charge in [-0.15, -0.1) is 0 Å². The van der Waals surface area contributed by atoms with Gasteiger partial charge in [0.25, 0.3) is 0 Å². The molecule has 0 nitrogen and oxygen atoms in total. The van der Waals surface area contributed by atoms with E-state index in [1.807, 2.05) is 0 Å². The molecular formula is C12H27FPb. The van der Waals surface area contributed by atoms with E-state index in [9.17, 15) is 2.51 Å². The molecule has 0 aromatic rings. The summed E-state index contributed by atoms with van der Waals surface area (Å²) in [5.41, 5.74) is 0. The zero-order valence-electron chi connectivity index (χ0n) is 10.2. The zero-order chi connectivity index (χ0) is 10.9. The van der Waals surface area contributed by atoms with E-state index < -0.39 is 21.8 Å². The molecule has 86 valence electrons. The Balaban J connectivity index is 3.89. The van der Waals surface area contributed by atoms with Crippen LogP contribution in [0, 0.1) is 0 Å². The van der Waals surface area contributed by atoms with Gasteiger partial charge in [-0.3, -0.25) is 0 Å². The molecule has 0 atom stereocenters. The summed E-state index contributed by atoms with van der Waals surface area (Å²) in [6, 6.07) is 0. The first-order valence-electron chi connectivity index (χ1n) is 6.37. The van der Waals surface area contributed by atoms with E-state index in [4.69, 9.17) is 0 Å². The Kier molecular flexibility index (Phi) is 9.66. The van der Waals surface area contributed by atoms with Gasteiger partial charge in [-0.25, -0.2) is 0 Å². The van der Waals surface area contributed by atoms with Crippen molar-refractivity contribution in [2.75, 3.05) is 0 Å². The van der Waals surface area contributed by atoms with Crippen molar-refractivity contribution in [3.63, 3.8) is 0 Å². The van der Waals surface area contributed by atoms with Gasteiger partial charge in [0.2, 0.25) is 0 Å². The molecule has 0 saturated carbocycles. The molecule has 0 amide bonds. The molecule has 0 aromatic carbocycles. The Hall–Kier alpha value is 0.852. The molecule has 0 aromatic heterocycles. The average molecular weight is 398 g/mol. The second kappa shape index (κ2) is 9.11. The summed E-state index contributed by atoms with van der Waals surface area (Å²) >= 11 is -3.19. The van der Waals surface area contributed by atoms with Crippen LogP contribution in [-0.4, -0.2) is 21.8 Å². The predicted molar refractivity (Wildman–Crippen MR) is 66.0 cm³/mol. The van der Waals surface area contributed by atoms with Crippen LogP contribution in [0.15, 0.2) is 0 Å². The first-order chi connectivity index (χ1) is 6.68. The maximum atomic E-state index is 14.6. The van der Waals surface area contributed by atoms with Crippen molar-refractivity contribution in [1.82, 2.24) is 0 Å². The fourth-order valence-electron chi connectivity index (χ4n) is 1.86. The fraction of sp³-hybridized carbons (Fsp3) is 1.00. The number of hydrogen-bond donors (Lipinski definition) is 0. The first kappa shape index (κ1) is 14.9. The zero-order valence-corrected chi connectivity index (χ0v) is 14.1. The third-order valence-corrected chi connectivity index (χ3v) is 17.5. The summed E-state index contributed by atoms with van der Waals surface area (Å²) in [5, 5.41) is 0. The van der Waals surface area contributed by atoms with E-state index in [1.54, 1.807) is 0 Å². The Morgan fingerprint density at radius 2 is 1.00 bits per heavy atom. The van der Waals surface area contributed by atoms with Gasteiger partial charge in [-0.2, -0.15) is 0 Å². The molecule has 14 heavy (non-hydrogen) atoms. The standard InChI is InChI=1S/3C4H9.FH.Pb/c3*1-3-4-2;;/h3*1,3-4H2,2H3;1H;/q;;;;+1/p-1. The van der Waals surface area contributed by atoms with Crippen LogP contribution >= 0.6 is 0 Å². The van der Waals surface area contributed by atoms with Gasteiger partial charge in [0.15, 0.2) is 0 Å². The Bertz CT molecular complexity index is 104. The third-order valence-electron chi connectivity index (χ3n) is 2.94. The molecule has 0 saturated heterocycles. The molecule has 0 aliphatic carbocycles. The van der Waals surface area contributed by atoms with E-state index in [-0.39, 0.29) is 0 Å². The molecule has 2 heteroatoms. The van der Waals surface area contributed by atoms with Gasteiger partial charge in [0.1, 0.15) is 0 Å². The SMILES string of the molecule is CCC[CH2][Pb]([F])([CH2]CCC)[CH2]CCC.